The molecule has 210 valence electrons. The molecule has 0 unspecified atom stereocenters. The minimum absolute atomic E-state index is 0.0469. The Hall–Kier alpha value is -4.43. The largest absolute Gasteiger partial charge is 0.503 e. The SMILES string of the molecule is O=C(O)O.O[C@H]1c2ccc(-c3noc(-c4onc(-c5ccccc5)c4C(F)(F)F)n3)cc2OC[C@H]1NCC1CC1. The number of carboxylic acid groups (broad SMARTS) is 2. The van der Waals surface area contributed by atoms with E-state index in [0.29, 0.717) is 22.8 Å². The lowest BCUT2D eigenvalue weighted by atomic mass is 9.97. The summed E-state index contributed by atoms with van der Waals surface area (Å²) < 4.78 is 57.9. The zero-order valence-electron chi connectivity index (χ0n) is 20.6. The molecule has 0 spiro atoms. The Bertz CT molecular complexity index is 1480. The Morgan fingerprint density at radius 3 is 2.42 bits per heavy atom. The summed E-state index contributed by atoms with van der Waals surface area (Å²) in [6.45, 7) is 1.13. The molecule has 14 heteroatoms. The van der Waals surface area contributed by atoms with Gasteiger partial charge >= 0.3 is 12.3 Å². The molecule has 1 fully saturated rings. The molecule has 1 aliphatic heterocycles. The van der Waals surface area contributed by atoms with Crippen LogP contribution in [0.2, 0.25) is 0 Å². The second-order valence-electron chi connectivity index (χ2n) is 9.27. The van der Waals surface area contributed by atoms with Crippen LogP contribution in [0, 0.1) is 5.92 Å². The van der Waals surface area contributed by atoms with E-state index in [4.69, 9.17) is 28.8 Å². The van der Waals surface area contributed by atoms with Crippen LogP contribution in [-0.4, -0.2) is 56.0 Å². The average Bonchev–Trinajstić information content (AvgIpc) is 3.41. The number of aromatic nitrogens is 3. The van der Waals surface area contributed by atoms with Crippen LogP contribution in [0.15, 0.2) is 57.6 Å². The Kier molecular flexibility index (Phi) is 7.45. The monoisotopic (exact) mass is 560 g/mol. The van der Waals surface area contributed by atoms with Gasteiger partial charge in [0.1, 0.15) is 29.7 Å². The third kappa shape index (κ3) is 5.92. The fraction of sp³-hybridized carbons (Fsp3) is 0.308. The molecule has 2 aromatic heterocycles. The van der Waals surface area contributed by atoms with Crippen LogP contribution in [0.4, 0.5) is 18.0 Å². The van der Waals surface area contributed by atoms with Gasteiger partial charge in [0.15, 0.2) is 0 Å². The van der Waals surface area contributed by atoms with Gasteiger partial charge in [0.05, 0.1) is 6.04 Å². The van der Waals surface area contributed by atoms with E-state index in [1.807, 2.05) is 0 Å². The van der Waals surface area contributed by atoms with Crippen molar-refractivity contribution in [2.24, 2.45) is 5.92 Å². The number of ether oxygens (including phenoxy) is 1. The minimum Gasteiger partial charge on any atom is -0.491 e. The number of benzene rings is 2. The highest BCUT2D eigenvalue weighted by molar-refractivity contribution is 5.71. The van der Waals surface area contributed by atoms with Crippen molar-refractivity contribution in [3.63, 3.8) is 0 Å². The molecule has 0 saturated heterocycles. The van der Waals surface area contributed by atoms with Gasteiger partial charge in [0, 0.05) is 16.7 Å². The van der Waals surface area contributed by atoms with E-state index in [1.54, 1.807) is 36.4 Å². The lowest BCUT2D eigenvalue weighted by Crippen LogP contribution is -2.43. The minimum atomic E-state index is -4.77. The fourth-order valence-corrected chi connectivity index (χ4v) is 4.27. The van der Waals surface area contributed by atoms with Crippen molar-refractivity contribution in [2.75, 3.05) is 13.2 Å². The van der Waals surface area contributed by atoms with E-state index in [0.717, 1.165) is 6.54 Å². The summed E-state index contributed by atoms with van der Waals surface area (Å²) in [7, 11) is 0. The summed E-state index contributed by atoms with van der Waals surface area (Å²) in [5, 5.41) is 35.5. The summed E-state index contributed by atoms with van der Waals surface area (Å²) in [6, 6.07) is 12.7. The summed E-state index contributed by atoms with van der Waals surface area (Å²) in [5.74, 6) is 0.0622. The zero-order chi connectivity index (χ0) is 28.4. The van der Waals surface area contributed by atoms with Crippen LogP contribution < -0.4 is 10.1 Å². The van der Waals surface area contributed by atoms with Crippen LogP contribution in [0.1, 0.15) is 30.1 Å². The van der Waals surface area contributed by atoms with E-state index < -0.39 is 35.7 Å². The third-order valence-electron chi connectivity index (χ3n) is 6.40. The quantitative estimate of drug-likeness (QED) is 0.248. The van der Waals surface area contributed by atoms with Crippen molar-refractivity contribution >= 4 is 6.16 Å². The lowest BCUT2D eigenvalue weighted by Gasteiger charge is -2.31. The summed E-state index contributed by atoms with van der Waals surface area (Å²) in [4.78, 5) is 12.7. The molecule has 1 saturated carbocycles. The number of hydrogen-bond donors (Lipinski definition) is 4. The van der Waals surface area contributed by atoms with Crippen molar-refractivity contribution in [3.8, 4) is 40.0 Å². The molecule has 2 aromatic carbocycles. The number of fused-ring (bicyclic) bond motifs is 1. The first-order valence-electron chi connectivity index (χ1n) is 12.2. The Morgan fingerprint density at radius 1 is 1.02 bits per heavy atom. The third-order valence-corrected chi connectivity index (χ3v) is 6.40. The van der Waals surface area contributed by atoms with E-state index >= 15 is 0 Å². The van der Waals surface area contributed by atoms with Crippen LogP contribution in [0.5, 0.6) is 5.75 Å². The Balaban J connectivity index is 0.000000758. The average molecular weight is 560 g/mol. The standard InChI is InChI=1S/C25H21F3N4O4.CH2O3/c26-25(27,28)19-20(14-4-2-1-3-5-14)31-35-22(19)24-30-23(32-36-24)15-8-9-16-18(10-15)34-12-17(21(16)33)29-11-13-6-7-13;2-1(3)4/h1-5,8-10,13,17,21,29,33H,6-7,11-12H2;(H2,2,3,4)/t17-,21+;/m1./s1. The molecule has 4 aromatic rings. The van der Waals surface area contributed by atoms with Crippen molar-refractivity contribution < 1.29 is 47.1 Å². The topological polar surface area (TPSA) is 164 Å². The highest BCUT2D eigenvalue weighted by Gasteiger charge is 2.43. The van der Waals surface area contributed by atoms with Crippen molar-refractivity contribution in [2.45, 2.75) is 31.2 Å². The van der Waals surface area contributed by atoms with Crippen molar-refractivity contribution in [3.05, 3.63) is 59.7 Å². The highest BCUT2D eigenvalue weighted by Crippen LogP contribution is 2.43. The molecule has 0 radical (unpaired) electrons. The maximum absolute atomic E-state index is 14.0. The van der Waals surface area contributed by atoms with E-state index in [1.165, 1.54) is 25.0 Å². The van der Waals surface area contributed by atoms with Gasteiger partial charge in [0.25, 0.3) is 5.89 Å². The van der Waals surface area contributed by atoms with E-state index in [-0.39, 0.29) is 29.7 Å². The second kappa shape index (κ2) is 11.0. The van der Waals surface area contributed by atoms with E-state index in [2.05, 4.69) is 20.6 Å². The number of carbonyl (C=O) groups is 1. The summed E-state index contributed by atoms with van der Waals surface area (Å²) >= 11 is 0. The first kappa shape index (κ1) is 27.1. The summed E-state index contributed by atoms with van der Waals surface area (Å²) in [6.07, 6.45) is -4.94. The van der Waals surface area contributed by atoms with Crippen LogP contribution in [-0.2, 0) is 6.18 Å². The Morgan fingerprint density at radius 2 is 1.75 bits per heavy atom. The molecule has 2 aliphatic rings. The number of aliphatic hydroxyl groups is 1. The molecule has 11 nitrogen and oxygen atoms in total. The molecule has 2 atom stereocenters. The van der Waals surface area contributed by atoms with Gasteiger partial charge in [-0.2, -0.15) is 18.2 Å². The van der Waals surface area contributed by atoms with Crippen LogP contribution in [0.25, 0.3) is 34.3 Å². The Labute approximate surface area is 224 Å². The highest BCUT2D eigenvalue weighted by atomic mass is 19.4. The number of hydrogen-bond acceptors (Lipinski definition) is 9. The number of halogens is 3. The predicted molar refractivity (Wildman–Crippen MR) is 131 cm³/mol. The maximum atomic E-state index is 14.0. The molecule has 6 rings (SSSR count). The number of nitrogens with zero attached hydrogens (tertiary/aromatic N) is 3. The predicted octanol–water partition coefficient (Wildman–Crippen LogP) is 5.09. The first-order chi connectivity index (χ1) is 19.1. The normalized spacial score (nSPS) is 18.3. The van der Waals surface area contributed by atoms with Gasteiger partial charge in [-0.15, -0.1) is 0 Å². The van der Waals surface area contributed by atoms with Gasteiger partial charge < -0.3 is 34.4 Å². The lowest BCUT2D eigenvalue weighted by molar-refractivity contribution is -0.137. The molecule has 4 N–H and O–H groups in total. The maximum Gasteiger partial charge on any atom is 0.503 e. The van der Waals surface area contributed by atoms with Gasteiger partial charge in [-0.3, -0.25) is 0 Å². The zero-order valence-corrected chi connectivity index (χ0v) is 20.6. The fourth-order valence-electron chi connectivity index (χ4n) is 4.27. The van der Waals surface area contributed by atoms with Gasteiger partial charge in [-0.05, 0) is 31.4 Å². The van der Waals surface area contributed by atoms with Crippen LogP contribution in [0.3, 0.4) is 0 Å². The summed E-state index contributed by atoms with van der Waals surface area (Å²) in [5.41, 5.74) is -0.139. The molecule has 3 heterocycles. The number of rotatable bonds is 6. The van der Waals surface area contributed by atoms with Crippen LogP contribution >= 0.6 is 0 Å². The van der Waals surface area contributed by atoms with E-state index in [9.17, 15) is 18.3 Å². The second-order valence-corrected chi connectivity index (χ2v) is 9.27. The molecule has 0 amide bonds. The smallest absolute Gasteiger partial charge is 0.491 e. The van der Waals surface area contributed by atoms with Gasteiger partial charge in [-0.25, -0.2) is 4.79 Å². The molecule has 0 bridgehead atoms. The molecular formula is C26H23F3N4O7. The van der Waals surface area contributed by atoms with Crippen molar-refractivity contribution in [1.29, 1.82) is 0 Å². The van der Waals surface area contributed by atoms with Crippen molar-refractivity contribution in [1.82, 2.24) is 20.6 Å². The molecular weight excluding hydrogens is 537 g/mol. The van der Waals surface area contributed by atoms with Gasteiger partial charge in [-0.1, -0.05) is 52.8 Å². The molecule has 1 aliphatic carbocycles. The number of nitrogens with one attached hydrogen (secondary N) is 1. The van der Waals surface area contributed by atoms with Gasteiger partial charge in [0.2, 0.25) is 11.6 Å². The molecule has 40 heavy (non-hydrogen) atoms. The first-order valence-corrected chi connectivity index (χ1v) is 12.2. The number of alkyl halides is 3. The number of aliphatic hydroxyl groups excluding tert-OH is 1.